The van der Waals surface area contributed by atoms with Gasteiger partial charge >= 0.3 is 0 Å². The standard InChI is InChI=1S/C21H24N6O2/c1-13-25-19(17-12-24-20-16(27(13)17)7-8-22-20)14-5-6-18(29-4)15(11-14)21(28)23-9-10-26(2)3/h5-8,11-12,22H,9-10H2,1-4H3,(H,23,28). The number of fused-ring (bicyclic) bond motifs is 3. The predicted octanol–water partition coefficient (Wildman–Crippen LogP) is 2.49. The van der Waals surface area contributed by atoms with E-state index in [1.54, 1.807) is 19.4 Å². The van der Waals surface area contributed by atoms with Crippen LogP contribution in [0, 0.1) is 6.92 Å². The van der Waals surface area contributed by atoms with Crippen LogP contribution < -0.4 is 10.1 Å². The van der Waals surface area contributed by atoms with Crippen molar-refractivity contribution in [3.63, 3.8) is 0 Å². The SMILES string of the molecule is COc1ccc(-c2nc(C)n3c2cnc2[nH]ccc23)cc1C(=O)NCCN(C)C. The monoisotopic (exact) mass is 392 g/mol. The van der Waals surface area contributed by atoms with Gasteiger partial charge in [0.2, 0.25) is 0 Å². The molecule has 0 bridgehead atoms. The minimum Gasteiger partial charge on any atom is -0.496 e. The number of rotatable bonds is 6. The Morgan fingerprint density at radius 3 is 2.86 bits per heavy atom. The highest BCUT2D eigenvalue weighted by atomic mass is 16.5. The van der Waals surface area contributed by atoms with Gasteiger partial charge in [0.1, 0.15) is 11.6 Å². The van der Waals surface area contributed by atoms with Gasteiger partial charge in [-0.25, -0.2) is 9.97 Å². The highest BCUT2D eigenvalue weighted by molar-refractivity contribution is 5.98. The number of imidazole rings is 1. The van der Waals surface area contributed by atoms with Crippen LogP contribution in [0.5, 0.6) is 5.75 Å². The number of ether oxygens (including phenoxy) is 1. The Morgan fingerprint density at radius 1 is 1.28 bits per heavy atom. The summed E-state index contributed by atoms with van der Waals surface area (Å²) in [5.74, 6) is 1.22. The molecule has 0 aliphatic carbocycles. The first-order valence-corrected chi connectivity index (χ1v) is 9.42. The van der Waals surface area contributed by atoms with Gasteiger partial charge in [-0.2, -0.15) is 0 Å². The summed E-state index contributed by atoms with van der Waals surface area (Å²) in [6.45, 7) is 3.28. The quantitative estimate of drug-likeness (QED) is 0.526. The average molecular weight is 392 g/mol. The number of aromatic nitrogens is 4. The molecule has 0 saturated carbocycles. The minimum atomic E-state index is -0.170. The van der Waals surface area contributed by atoms with Crippen LogP contribution in [0.2, 0.25) is 0 Å². The van der Waals surface area contributed by atoms with Crippen molar-refractivity contribution < 1.29 is 9.53 Å². The van der Waals surface area contributed by atoms with Gasteiger partial charge in [-0.1, -0.05) is 0 Å². The van der Waals surface area contributed by atoms with Gasteiger partial charge in [0.05, 0.1) is 35.6 Å². The molecule has 4 rings (SSSR count). The first-order chi connectivity index (χ1) is 14.0. The summed E-state index contributed by atoms with van der Waals surface area (Å²) in [5, 5.41) is 2.94. The van der Waals surface area contributed by atoms with E-state index in [2.05, 4.69) is 19.7 Å². The number of hydrogen-bond acceptors (Lipinski definition) is 5. The zero-order valence-electron chi connectivity index (χ0n) is 17.0. The van der Waals surface area contributed by atoms with Crippen molar-refractivity contribution >= 4 is 22.6 Å². The van der Waals surface area contributed by atoms with Crippen LogP contribution >= 0.6 is 0 Å². The molecule has 0 aliphatic rings. The maximum absolute atomic E-state index is 12.7. The summed E-state index contributed by atoms with van der Waals surface area (Å²) in [6, 6.07) is 7.52. The molecule has 8 heteroatoms. The van der Waals surface area contributed by atoms with Crippen molar-refractivity contribution in [3.05, 3.63) is 48.0 Å². The first kappa shape index (κ1) is 18.9. The molecule has 1 aromatic carbocycles. The molecule has 0 spiro atoms. The minimum absolute atomic E-state index is 0.170. The number of carbonyl (C=O) groups excluding carboxylic acids is 1. The fourth-order valence-corrected chi connectivity index (χ4v) is 3.47. The Hall–Kier alpha value is -3.39. The van der Waals surface area contributed by atoms with Gasteiger partial charge in [0.25, 0.3) is 5.91 Å². The second kappa shape index (κ2) is 7.56. The number of likely N-dealkylation sites (N-methyl/N-ethyl adjacent to an activating group) is 1. The van der Waals surface area contributed by atoms with Crippen LogP contribution in [0.3, 0.4) is 0 Å². The number of amides is 1. The summed E-state index contributed by atoms with van der Waals surface area (Å²) in [4.78, 5) is 27.1. The molecule has 4 aromatic rings. The lowest BCUT2D eigenvalue weighted by atomic mass is 10.1. The summed E-state index contributed by atoms with van der Waals surface area (Å²) >= 11 is 0. The number of aryl methyl sites for hydroxylation is 1. The topological polar surface area (TPSA) is 87.5 Å². The maximum atomic E-state index is 12.7. The molecular formula is C21H24N6O2. The predicted molar refractivity (Wildman–Crippen MR) is 112 cm³/mol. The Kier molecular flexibility index (Phi) is 4.94. The van der Waals surface area contributed by atoms with E-state index in [1.807, 2.05) is 50.3 Å². The maximum Gasteiger partial charge on any atom is 0.255 e. The van der Waals surface area contributed by atoms with Crippen LogP contribution in [-0.4, -0.2) is 64.5 Å². The van der Waals surface area contributed by atoms with Crippen molar-refractivity contribution in [2.75, 3.05) is 34.3 Å². The second-order valence-electron chi connectivity index (χ2n) is 7.17. The van der Waals surface area contributed by atoms with Gasteiger partial charge < -0.3 is 19.9 Å². The summed E-state index contributed by atoms with van der Waals surface area (Å²) in [7, 11) is 5.50. The number of H-pyrrole nitrogens is 1. The Labute approximate surface area is 168 Å². The number of aromatic amines is 1. The summed E-state index contributed by atoms with van der Waals surface area (Å²) < 4.78 is 7.48. The molecule has 3 heterocycles. The molecule has 0 unspecified atom stereocenters. The molecule has 29 heavy (non-hydrogen) atoms. The van der Waals surface area contributed by atoms with E-state index < -0.39 is 0 Å². The second-order valence-corrected chi connectivity index (χ2v) is 7.17. The molecule has 0 radical (unpaired) electrons. The van der Waals surface area contributed by atoms with Crippen LogP contribution in [0.25, 0.3) is 27.9 Å². The number of nitrogens with one attached hydrogen (secondary N) is 2. The number of carbonyl (C=O) groups is 1. The van der Waals surface area contributed by atoms with Crippen LogP contribution in [0.4, 0.5) is 0 Å². The van der Waals surface area contributed by atoms with Crippen molar-refractivity contribution in [2.24, 2.45) is 0 Å². The zero-order chi connectivity index (χ0) is 20.5. The lowest BCUT2D eigenvalue weighted by Gasteiger charge is -2.13. The van der Waals surface area contributed by atoms with E-state index in [-0.39, 0.29) is 5.91 Å². The van der Waals surface area contributed by atoms with Gasteiger partial charge in [-0.3, -0.25) is 9.20 Å². The van der Waals surface area contributed by atoms with Gasteiger partial charge in [0.15, 0.2) is 5.65 Å². The molecule has 0 aliphatic heterocycles. The first-order valence-electron chi connectivity index (χ1n) is 9.42. The molecule has 0 saturated heterocycles. The number of methoxy groups -OCH3 is 1. The molecule has 2 N–H and O–H groups in total. The molecule has 1 amide bonds. The molecule has 3 aromatic heterocycles. The molecule has 8 nitrogen and oxygen atoms in total. The van der Waals surface area contributed by atoms with E-state index in [0.717, 1.165) is 40.3 Å². The zero-order valence-corrected chi connectivity index (χ0v) is 17.0. The summed E-state index contributed by atoms with van der Waals surface area (Å²) in [6.07, 6.45) is 3.66. The molecular weight excluding hydrogens is 368 g/mol. The van der Waals surface area contributed by atoms with Crippen molar-refractivity contribution in [2.45, 2.75) is 6.92 Å². The van der Waals surface area contributed by atoms with Gasteiger partial charge in [-0.05, 0) is 45.3 Å². The van der Waals surface area contributed by atoms with E-state index >= 15 is 0 Å². The fourth-order valence-electron chi connectivity index (χ4n) is 3.47. The molecule has 150 valence electrons. The van der Waals surface area contributed by atoms with Crippen molar-refractivity contribution in [1.29, 1.82) is 0 Å². The number of hydrogen-bond donors (Lipinski definition) is 2. The highest BCUT2D eigenvalue weighted by Crippen LogP contribution is 2.30. The van der Waals surface area contributed by atoms with Crippen LogP contribution in [0.15, 0.2) is 36.7 Å². The third-order valence-corrected chi connectivity index (χ3v) is 4.90. The Bertz CT molecular complexity index is 1190. The van der Waals surface area contributed by atoms with E-state index in [4.69, 9.17) is 9.72 Å². The number of nitrogens with zero attached hydrogens (tertiary/aromatic N) is 4. The van der Waals surface area contributed by atoms with Crippen molar-refractivity contribution in [3.8, 4) is 17.0 Å². The summed E-state index contributed by atoms with van der Waals surface area (Å²) in [5.41, 5.74) is 4.76. The molecule has 0 fully saturated rings. The van der Waals surface area contributed by atoms with E-state index in [9.17, 15) is 4.79 Å². The third kappa shape index (κ3) is 3.42. The largest absolute Gasteiger partial charge is 0.496 e. The van der Waals surface area contributed by atoms with E-state index in [0.29, 0.717) is 17.9 Å². The Morgan fingerprint density at radius 2 is 2.10 bits per heavy atom. The lowest BCUT2D eigenvalue weighted by Crippen LogP contribution is -2.31. The number of benzene rings is 1. The lowest BCUT2D eigenvalue weighted by molar-refractivity contribution is 0.0948. The fraction of sp³-hybridized carbons (Fsp3) is 0.286. The average Bonchev–Trinajstić information content (AvgIpc) is 3.31. The highest BCUT2D eigenvalue weighted by Gasteiger charge is 2.18. The van der Waals surface area contributed by atoms with Crippen LogP contribution in [0.1, 0.15) is 16.2 Å². The third-order valence-electron chi connectivity index (χ3n) is 4.90. The smallest absolute Gasteiger partial charge is 0.255 e. The Balaban J connectivity index is 1.77. The van der Waals surface area contributed by atoms with Crippen molar-refractivity contribution in [1.82, 2.24) is 29.6 Å². The van der Waals surface area contributed by atoms with Gasteiger partial charge in [0, 0.05) is 24.8 Å². The van der Waals surface area contributed by atoms with Crippen LogP contribution in [-0.2, 0) is 0 Å². The normalized spacial score (nSPS) is 11.5. The van der Waals surface area contributed by atoms with E-state index in [1.165, 1.54) is 0 Å². The van der Waals surface area contributed by atoms with Gasteiger partial charge in [-0.15, -0.1) is 0 Å². The molecule has 0 atom stereocenters.